The maximum Gasteiger partial charge on any atom is 0.494 e. The van der Waals surface area contributed by atoms with Gasteiger partial charge < -0.3 is 28.9 Å². The first-order chi connectivity index (χ1) is 27.0. The zero-order valence-corrected chi connectivity index (χ0v) is 37.7. The van der Waals surface area contributed by atoms with E-state index in [4.69, 9.17) is 36.1 Å². The SMILES string of the molecule is COC(=O)C(C)(C)c1cccc(B2OC(C)(C)C(C)(C)O2)c1.COc1nc(Br)ccc1CN.Cc1ccc2ccccc2c1C(=O)Cl.FC(F)(F)c1ccc(CBr)o1. The Morgan fingerprint density at radius 3 is 2.07 bits per heavy atom. The molecular formula is C42H47BBr2ClF3N2O7. The van der Waals surface area contributed by atoms with Crippen LogP contribution in [0.3, 0.4) is 0 Å². The number of alkyl halides is 4. The lowest BCUT2D eigenvalue weighted by Crippen LogP contribution is -2.41. The number of fused-ring (bicyclic) bond motifs is 1. The van der Waals surface area contributed by atoms with Gasteiger partial charge in [0.1, 0.15) is 10.4 Å². The van der Waals surface area contributed by atoms with E-state index >= 15 is 0 Å². The molecule has 2 N–H and O–H groups in total. The summed E-state index contributed by atoms with van der Waals surface area (Å²) in [6, 6.07) is 25.3. The maximum absolute atomic E-state index is 12.0. The van der Waals surface area contributed by atoms with Crippen molar-refractivity contribution in [3.8, 4) is 5.88 Å². The number of pyridine rings is 1. The molecule has 2 aromatic heterocycles. The molecule has 5 aromatic rings. The lowest BCUT2D eigenvalue weighted by atomic mass is 9.75. The Balaban J connectivity index is 0.000000217. The van der Waals surface area contributed by atoms with Crippen LogP contribution in [0, 0.1) is 6.92 Å². The van der Waals surface area contributed by atoms with E-state index in [2.05, 4.69) is 41.3 Å². The number of hydrogen-bond donors (Lipinski definition) is 1. The van der Waals surface area contributed by atoms with Crippen molar-refractivity contribution in [2.45, 2.75) is 83.1 Å². The number of ether oxygens (including phenoxy) is 2. The molecule has 0 aliphatic carbocycles. The van der Waals surface area contributed by atoms with Crippen LogP contribution < -0.4 is 15.9 Å². The van der Waals surface area contributed by atoms with Crippen molar-refractivity contribution in [3.05, 3.63) is 123 Å². The molecule has 9 nitrogen and oxygen atoms in total. The lowest BCUT2D eigenvalue weighted by Gasteiger charge is -2.32. The number of halogens is 6. The van der Waals surface area contributed by atoms with Crippen LogP contribution in [0.15, 0.2) is 93.9 Å². The summed E-state index contributed by atoms with van der Waals surface area (Å²) in [5.74, 6) is -0.357. The molecular weight excluding hydrogens is 908 g/mol. The summed E-state index contributed by atoms with van der Waals surface area (Å²) in [5.41, 5.74) is 8.20. The fraction of sp³-hybridized carbons (Fsp3) is 0.357. The molecule has 0 atom stereocenters. The van der Waals surface area contributed by atoms with Crippen molar-refractivity contribution < 1.29 is 46.0 Å². The summed E-state index contributed by atoms with van der Waals surface area (Å²) in [4.78, 5) is 27.3. The molecule has 3 heterocycles. The molecule has 0 bridgehead atoms. The van der Waals surface area contributed by atoms with Crippen molar-refractivity contribution in [1.82, 2.24) is 4.98 Å². The van der Waals surface area contributed by atoms with Crippen molar-refractivity contribution in [3.63, 3.8) is 0 Å². The number of furan rings is 1. The second-order valence-electron chi connectivity index (χ2n) is 14.5. The van der Waals surface area contributed by atoms with Crippen LogP contribution in [0.1, 0.15) is 80.1 Å². The topological polar surface area (TPSA) is 123 Å². The van der Waals surface area contributed by atoms with E-state index in [1.807, 2.05) is 121 Å². The highest BCUT2D eigenvalue weighted by Crippen LogP contribution is 2.37. The molecule has 16 heteroatoms. The van der Waals surface area contributed by atoms with E-state index in [9.17, 15) is 22.8 Å². The number of aryl methyl sites for hydroxylation is 1. The van der Waals surface area contributed by atoms with E-state index in [0.717, 1.165) is 43.6 Å². The number of esters is 1. The van der Waals surface area contributed by atoms with Crippen LogP contribution in [-0.2, 0) is 42.3 Å². The minimum atomic E-state index is -4.37. The van der Waals surface area contributed by atoms with Gasteiger partial charge in [0.2, 0.25) is 11.6 Å². The van der Waals surface area contributed by atoms with Crippen molar-refractivity contribution in [2.75, 3.05) is 14.2 Å². The smallest absolute Gasteiger partial charge is 0.481 e. The number of nitrogens with two attached hydrogens (primary N) is 1. The van der Waals surface area contributed by atoms with Crippen molar-refractivity contribution in [1.29, 1.82) is 0 Å². The van der Waals surface area contributed by atoms with Gasteiger partial charge in [0.15, 0.2) is 0 Å². The zero-order chi connectivity index (χ0) is 43.6. The Morgan fingerprint density at radius 2 is 1.55 bits per heavy atom. The van der Waals surface area contributed by atoms with Crippen LogP contribution >= 0.6 is 43.5 Å². The lowest BCUT2D eigenvalue weighted by molar-refractivity contribution is -0.153. The Bertz CT molecular complexity index is 2160. The van der Waals surface area contributed by atoms with E-state index in [-0.39, 0.29) is 28.2 Å². The third-order valence-corrected chi connectivity index (χ3v) is 10.7. The number of benzene rings is 3. The van der Waals surface area contributed by atoms with Gasteiger partial charge in [0.05, 0.1) is 36.2 Å². The molecule has 1 aliphatic heterocycles. The van der Waals surface area contributed by atoms with Crippen molar-refractivity contribution >= 4 is 78.0 Å². The van der Waals surface area contributed by atoms with Crippen LogP contribution in [0.4, 0.5) is 13.2 Å². The second kappa shape index (κ2) is 20.5. The van der Waals surface area contributed by atoms with Gasteiger partial charge in [-0.3, -0.25) is 9.59 Å². The third-order valence-electron chi connectivity index (χ3n) is 9.55. The monoisotopic (exact) mass is 952 g/mol. The van der Waals surface area contributed by atoms with Crippen LogP contribution in [0.25, 0.3) is 10.8 Å². The average molecular weight is 955 g/mol. The highest BCUT2D eigenvalue weighted by Gasteiger charge is 2.52. The molecule has 6 rings (SSSR count). The Hall–Kier alpha value is -3.73. The van der Waals surface area contributed by atoms with Gasteiger partial charge >= 0.3 is 19.3 Å². The molecule has 1 fully saturated rings. The third kappa shape index (κ3) is 12.4. The fourth-order valence-corrected chi connectivity index (χ4v) is 6.29. The molecule has 58 heavy (non-hydrogen) atoms. The van der Waals surface area contributed by atoms with Gasteiger partial charge in [0.25, 0.3) is 5.24 Å². The summed E-state index contributed by atoms with van der Waals surface area (Å²) in [6.07, 6.45) is -4.37. The number of hydrogen-bond acceptors (Lipinski definition) is 9. The molecule has 0 amide bonds. The zero-order valence-electron chi connectivity index (χ0n) is 33.7. The summed E-state index contributed by atoms with van der Waals surface area (Å²) in [7, 11) is 2.55. The average Bonchev–Trinajstić information content (AvgIpc) is 3.76. The van der Waals surface area contributed by atoms with E-state index < -0.39 is 24.5 Å². The minimum Gasteiger partial charge on any atom is -0.481 e. The number of aromatic nitrogens is 1. The first kappa shape index (κ1) is 48.6. The number of nitrogens with zero attached hydrogens (tertiary/aromatic N) is 1. The van der Waals surface area contributed by atoms with Gasteiger partial charge in [-0.05, 0) is 128 Å². The van der Waals surface area contributed by atoms with Gasteiger partial charge in [-0.1, -0.05) is 76.6 Å². The van der Waals surface area contributed by atoms with Crippen molar-refractivity contribution in [2.24, 2.45) is 5.73 Å². The molecule has 0 unspecified atom stereocenters. The molecule has 0 saturated carbocycles. The van der Waals surface area contributed by atoms with Gasteiger partial charge in [-0.25, -0.2) is 4.98 Å². The van der Waals surface area contributed by atoms with Crippen LogP contribution in [-0.4, -0.2) is 48.7 Å². The Morgan fingerprint density at radius 1 is 0.914 bits per heavy atom. The standard InChI is InChI=1S/C17H25BO4.C12H9ClO.C7H9BrN2O.C6H4BrF3O/c1-15(2,14(19)20-7)12-9-8-10-13(11-12)18-21-16(3,4)17(5,6)22-18;1-8-6-7-9-4-2-3-5-10(9)11(8)12(13)14;1-11-7-5(4-9)2-3-6(8)10-7;7-3-4-1-2-5(11-4)6(8,9)10/h8-11H,1-7H3;2-7H,1H3;2-3H,4,9H2,1H3;1-2H,3H2. The second-order valence-corrected chi connectivity index (χ2v) is 16.2. The van der Waals surface area contributed by atoms with E-state index in [0.29, 0.717) is 23.3 Å². The van der Waals surface area contributed by atoms with E-state index in [1.165, 1.54) is 13.2 Å². The maximum atomic E-state index is 12.0. The predicted molar refractivity (Wildman–Crippen MR) is 229 cm³/mol. The first-order valence-corrected chi connectivity index (χ1v) is 20.2. The highest BCUT2D eigenvalue weighted by molar-refractivity contribution is 9.10. The van der Waals surface area contributed by atoms with Crippen LogP contribution in [0.5, 0.6) is 5.88 Å². The quantitative estimate of drug-likeness (QED) is 0.0558. The molecule has 0 radical (unpaired) electrons. The first-order valence-electron chi connectivity index (χ1n) is 17.9. The largest absolute Gasteiger partial charge is 0.494 e. The van der Waals surface area contributed by atoms with Gasteiger partial charge in [0, 0.05) is 17.7 Å². The van der Waals surface area contributed by atoms with Crippen LogP contribution in [0.2, 0.25) is 0 Å². The number of carbonyl (C=O) groups excluding carboxylic acids is 2. The summed E-state index contributed by atoms with van der Waals surface area (Å²) in [6.45, 7) is 14.1. The fourth-order valence-electron chi connectivity index (χ4n) is 5.45. The molecule has 312 valence electrons. The molecule has 1 aliphatic rings. The van der Waals surface area contributed by atoms with Gasteiger partial charge in [-0.2, -0.15) is 13.2 Å². The predicted octanol–water partition coefficient (Wildman–Crippen LogP) is 10.5. The number of carbonyl (C=O) groups is 2. The normalized spacial score (nSPS) is 14.2. The molecule has 3 aromatic carbocycles. The molecule has 0 spiro atoms. The Kier molecular flexibility index (Phi) is 17.2. The van der Waals surface area contributed by atoms with Gasteiger partial charge in [-0.15, -0.1) is 0 Å². The number of methoxy groups -OCH3 is 2. The Labute approximate surface area is 359 Å². The van der Waals surface area contributed by atoms with E-state index in [1.54, 1.807) is 7.11 Å². The molecule has 1 saturated heterocycles. The summed E-state index contributed by atoms with van der Waals surface area (Å²) >= 11 is 11.8. The summed E-state index contributed by atoms with van der Waals surface area (Å²) in [5, 5.41) is 1.87. The minimum absolute atomic E-state index is 0.265. The highest BCUT2D eigenvalue weighted by atomic mass is 79.9. The summed E-state index contributed by atoms with van der Waals surface area (Å²) < 4.78 is 62.7. The number of rotatable bonds is 7.